The Morgan fingerprint density at radius 3 is 2.66 bits per heavy atom. The van der Waals surface area contributed by atoms with Gasteiger partial charge in [0.2, 0.25) is 5.91 Å². The highest BCUT2D eigenvalue weighted by Crippen LogP contribution is 2.31. The largest absolute Gasteiger partial charge is 0.369 e. The Labute approximate surface area is 190 Å². The van der Waals surface area contributed by atoms with Crippen LogP contribution in [0, 0.1) is 11.8 Å². The van der Waals surface area contributed by atoms with Crippen molar-refractivity contribution >= 4 is 28.8 Å². The monoisotopic (exact) mass is 437 g/mol. The Hall–Kier alpha value is -2.58. The van der Waals surface area contributed by atoms with E-state index in [1.54, 1.807) is 19.4 Å². The Bertz CT molecular complexity index is 955. The summed E-state index contributed by atoms with van der Waals surface area (Å²) < 4.78 is 0. The molecule has 2 aromatic rings. The van der Waals surface area contributed by atoms with Crippen LogP contribution in [-0.2, 0) is 4.79 Å². The number of carbonyl (C=O) groups excluding carboxylic acids is 1. The van der Waals surface area contributed by atoms with Crippen molar-refractivity contribution in [2.24, 2.45) is 16.8 Å². The van der Waals surface area contributed by atoms with Gasteiger partial charge in [-0.3, -0.25) is 24.7 Å². The second-order valence-electron chi connectivity index (χ2n) is 9.19. The molecule has 1 aromatic heterocycles. The van der Waals surface area contributed by atoms with Gasteiger partial charge in [-0.25, -0.2) is 0 Å². The lowest BCUT2D eigenvalue weighted by Gasteiger charge is -2.38. The molecule has 4 rings (SSSR count). The van der Waals surface area contributed by atoms with Crippen molar-refractivity contribution in [3.8, 4) is 0 Å². The number of hydrogen-bond donors (Lipinski definition) is 1. The third-order valence-electron chi connectivity index (χ3n) is 6.60. The van der Waals surface area contributed by atoms with E-state index in [1.807, 2.05) is 12.3 Å². The van der Waals surface area contributed by atoms with E-state index in [2.05, 4.69) is 55.0 Å². The van der Waals surface area contributed by atoms with Gasteiger partial charge in [0.15, 0.2) is 0 Å². The molecule has 2 aliphatic heterocycles. The van der Waals surface area contributed by atoms with Gasteiger partial charge in [0.05, 0.1) is 17.1 Å². The minimum absolute atomic E-state index is 0.0187. The first-order valence-electron chi connectivity index (χ1n) is 11.6. The number of piperazine rings is 1. The van der Waals surface area contributed by atoms with Crippen molar-refractivity contribution in [2.45, 2.75) is 13.3 Å². The van der Waals surface area contributed by atoms with Gasteiger partial charge in [0.1, 0.15) is 5.52 Å². The van der Waals surface area contributed by atoms with Crippen LogP contribution in [0.1, 0.15) is 18.9 Å². The maximum atomic E-state index is 13.0. The summed E-state index contributed by atoms with van der Waals surface area (Å²) in [6.07, 6.45) is 6.18. The molecule has 8 heteroatoms. The molecule has 2 aliphatic rings. The minimum Gasteiger partial charge on any atom is -0.369 e. The number of fused-ring (bicyclic) bond motifs is 1. The van der Waals surface area contributed by atoms with E-state index in [1.165, 1.54) is 0 Å². The number of rotatable bonds is 6. The van der Waals surface area contributed by atoms with Crippen LogP contribution in [0.2, 0.25) is 0 Å². The molecule has 2 fully saturated rings. The van der Waals surface area contributed by atoms with E-state index < -0.39 is 0 Å². The summed E-state index contributed by atoms with van der Waals surface area (Å²) in [5.74, 6) is 0.580. The molecule has 0 radical (unpaired) electrons. The molecule has 0 bridgehead atoms. The van der Waals surface area contributed by atoms with Crippen LogP contribution in [0.4, 0.5) is 5.69 Å². The molecule has 2 atom stereocenters. The summed E-state index contributed by atoms with van der Waals surface area (Å²) >= 11 is 0. The Kier molecular flexibility index (Phi) is 7.32. The molecule has 0 aliphatic carbocycles. The number of benzene rings is 1. The Morgan fingerprint density at radius 2 is 1.91 bits per heavy atom. The van der Waals surface area contributed by atoms with Gasteiger partial charge >= 0.3 is 0 Å². The summed E-state index contributed by atoms with van der Waals surface area (Å²) in [6, 6.07) is 4.14. The van der Waals surface area contributed by atoms with E-state index >= 15 is 0 Å². The van der Waals surface area contributed by atoms with E-state index in [0.29, 0.717) is 19.0 Å². The third-order valence-corrected chi connectivity index (χ3v) is 6.60. The van der Waals surface area contributed by atoms with Gasteiger partial charge in [0, 0.05) is 83.6 Å². The van der Waals surface area contributed by atoms with E-state index in [9.17, 15) is 4.79 Å². The topological polar surface area (TPSA) is 77.0 Å². The number of carbonyl (C=O) groups is 1. The zero-order valence-electron chi connectivity index (χ0n) is 19.5. The van der Waals surface area contributed by atoms with Gasteiger partial charge in [-0.05, 0) is 31.5 Å². The minimum atomic E-state index is -0.0187. The Balaban J connectivity index is 1.42. The zero-order valence-corrected chi connectivity index (χ0v) is 19.5. The predicted octanol–water partition coefficient (Wildman–Crippen LogP) is 1.50. The summed E-state index contributed by atoms with van der Waals surface area (Å²) in [6.45, 7) is 9.84. The maximum absolute atomic E-state index is 13.0. The van der Waals surface area contributed by atoms with E-state index in [4.69, 9.17) is 0 Å². The van der Waals surface area contributed by atoms with Gasteiger partial charge < -0.3 is 15.1 Å². The summed E-state index contributed by atoms with van der Waals surface area (Å²) in [7, 11) is 3.92. The molecule has 8 nitrogen and oxygen atoms in total. The molecular weight excluding hydrogens is 402 g/mol. The SMILES string of the molecule is C/N=C\c1ccc(N2CC(C)CC(C(=O)NCCN3CCN(C)CC3)C2)c2nccnc12. The van der Waals surface area contributed by atoms with Crippen molar-refractivity contribution in [3.05, 3.63) is 30.1 Å². The van der Waals surface area contributed by atoms with Gasteiger partial charge in [0.25, 0.3) is 0 Å². The summed E-state index contributed by atoms with van der Waals surface area (Å²) in [5.41, 5.74) is 3.72. The molecule has 1 amide bonds. The molecule has 1 N–H and O–H groups in total. The summed E-state index contributed by atoms with van der Waals surface area (Å²) in [5, 5.41) is 3.20. The highest BCUT2D eigenvalue weighted by atomic mass is 16.1. The first-order chi connectivity index (χ1) is 15.5. The molecule has 2 saturated heterocycles. The van der Waals surface area contributed by atoms with Crippen LogP contribution in [0.5, 0.6) is 0 Å². The normalized spacial score (nSPS) is 23.2. The fraction of sp³-hybridized carbons (Fsp3) is 0.583. The lowest BCUT2D eigenvalue weighted by Crippen LogP contribution is -2.49. The van der Waals surface area contributed by atoms with Crippen molar-refractivity contribution in [3.63, 3.8) is 0 Å². The number of nitrogens with zero attached hydrogens (tertiary/aromatic N) is 6. The van der Waals surface area contributed by atoms with Crippen LogP contribution >= 0.6 is 0 Å². The third kappa shape index (κ3) is 5.24. The highest BCUT2D eigenvalue weighted by molar-refractivity contribution is 6.01. The van der Waals surface area contributed by atoms with Gasteiger partial charge in [-0.2, -0.15) is 0 Å². The smallest absolute Gasteiger partial charge is 0.224 e. The second kappa shape index (κ2) is 10.4. The van der Waals surface area contributed by atoms with Crippen LogP contribution in [-0.4, -0.2) is 98.3 Å². The zero-order chi connectivity index (χ0) is 22.5. The van der Waals surface area contributed by atoms with E-state index in [-0.39, 0.29) is 11.8 Å². The molecule has 32 heavy (non-hydrogen) atoms. The number of amides is 1. The highest BCUT2D eigenvalue weighted by Gasteiger charge is 2.31. The number of nitrogens with one attached hydrogen (secondary N) is 1. The number of anilines is 1. The summed E-state index contributed by atoms with van der Waals surface area (Å²) in [4.78, 5) is 33.4. The lowest BCUT2D eigenvalue weighted by atomic mass is 9.89. The average Bonchev–Trinajstić information content (AvgIpc) is 2.80. The predicted molar refractivity (Wildman–Crippen MR) is 129 cm³/mol. The lowest BCUT2D eigenvalue weighted by molar-refractivity contribution is -0.125. The Morgan fingerprint density at radius 1 is 1.16 bits per heavy atom. The van der Waals surface area contributed by atoms with Gasteiger partial charge in [-0.1, -0.05) is 6.92 Å². The number of aromatic nitrogens is 2. The second-order valence-corrected chi connectivity index (χ2v) is 9.19. The average molecular weight is 438 g/mol. The number of hydrogen-bond acceptors (Lipinski definition) is 7. The van der Waals surface area contributed by atoms with Crippen molar-refractivity contribution < 1.29 is 4.79 Å². The standard InChI is InChI=1S/C24H35N7O/c1-18-14-20(24(32)28-8-9-30-12-10-29(3)11-13-30)17-31(16-18)21-5-4-19(15-25-2)22-23(21)27-7-6-26-22/h4-7,15,18,20H,8-14,16-17H2,1-3H3,(H,28,32)/b25-15-. The molecule has 0 saturated carbocycles. The van der Waals surface area contributed by atoms with E-state index in [0.717, 1.165) is 68.0 Å². The van der Waals surface area contributed by atoms with Crippen LogP contribution < -0.4 is 10.2 Å². The molecule has 3 heterocycles. The first-order valence-corrected chi connectivity index (χ1v) is 11.6. The molecule has 172 valence electrons. The number of piperidine rings is 1. The van der Waals surface area contributed by atoms with Crippen LogP contribution in [0.25, 0.3) is 11.0 Å². The van der Waals surface area contributed by atoms with Crippen molar-refractivity contribution in [1.82, 2.24) is 25.1 Å². The number of likely N-dealkylation sites (N-methyl/N-ethyl adjacent to an activating group) is 1. The maximum Gasteiger partial charge on any atom is 0.224 e. The van der Waals surface area contributed by atoms with Crippen LogP contribution in [0.3, 0.4) is 0 Å². The first kappa shape index (κ1) is 22.6. The van der Waals surface area contributed by atoms with Crippen LogP contribution in [0.15, 0.2) is 29.5 Å². The quantitative estimate of drug-likeness (QED) is 0.691. The van der Waals surface area contributed by atoms with Gasteiger partial charge in [-0.15, -0.1) is 0 Å². The molecule has 2 unspecified atom stereocenters. The molecular formula is C24H35N7O. The molecule has 0 spiro atoms. The fourth-order valence-electron chi connectivity index (χ4n) is 4.85. The fourth-order valence-corrected chi connectivity index (χ4v) is 4.85. The van der Waals surface area contributed by atoms with Crippen molar-refractivity contribution in [2.75, 3.05) is 71.4 Å². The van der Waals surface area contributed by atoms with Crippen molar-refractivity contribution in [1.29, 1.82) is 0 Å². The number of aliphatic imine (C=N–C) groups is 1. The molecule has 1 aromatic carbocycles.